The molecule has 0 bridgehead atoms. The highest BCUT2D eigenvalue weighted by Gasteiger charge is 2.54. The van der Waals surface area contributed by atoms with Crippen LogP contribution in [-0.4, -0.2) is 27.6 Å². The third-order valence-electron chi connectivity index (χ3n) is 5.26. The average Bonchev–Trinajstić information content (AvgIpc) is 2.97. The van der Waals surface area contributed by atoms with Crippen molar-refractivity contribution in [3.05, 3.63) is 35.4 Å². The van der Waals surface area contributed by atoms with E-state index < -0.39 is 6.10 Å². The van der Waals surface area contributed by atoms with Crippen LogP contribution in [0, 0.1) is 0 Å². The van der Waals surface area contributed by atoms with Gasteiger partial charge in [-0.3, -0.25) is 4.79 Å². The molecule has 3 heteroatoms. The van der Waals surface area contributed by atoms with Gasteiger partial charge >= 0.3 is 0 Å². The van der Waals surface area contributed by atoms with Gasteiger partial charge in [-0.1, -0.05) is 37.1 Å². The molecule has 0 unspecified atom stereocenters. The van der Waals surface area contributed by atoms with Crippen molar-refractivity contribution >= 4 is 5.91 Å². The van der Waals surface area contributed by atoms with Crippen LogP contribution in [0.25, 0.3) is 0 Å². The highest BCUT2D eigenvalue weighted by Crippen LogP contribution is 2.51. The van der Waals surface area contributed by atoms with E-state index in [0.717, 1.165) is 19.3 Å². The summed E-state index contributed by atoms with van der Waals surface area (Å²) in [7, 11) is 0. The molecule has 2 heterocycles. The molecule has 3 nitrogen and oxygen atoms in total. The van der Waals surface area contributed by atoms with Crippen LogP contribution < -0.4 is 0 Å². The molecule has 1 aromatic carbocycles. The number of carbonyl (C=O) groups excluding carboxylic acids is 1. The molecule has 1 saturated carbocycles. The van der Waals surface area contributed by atoms with Crippen LogP contribution in [0.5, 0.6) is 0 Å². The number of fused-ring (bicyclic) bond motifs is 4. The molecule has 19 heavy (non-hydrogen) atoms. The van der Waals surface area contributed by atoms with Crippen LogP contribution in [0.4, 0.5) is 0 Å². The second-order valence-electron chi connectivity index (χ2n) is 6.28. The van der Waals surface area contributed by atoms with Crippen molar-refractivity contribution in [2.24, 2.45) is 0 Å². The molecular formula is C16H19NO2. The SMILES string of the molecule is O=C1[C@H](O)C[C@@H]2c3ccccc3CC3(CCCC3)N12. The normalized spacial score (nSPS) is 31.6. The van der Waals surface area contributed by atoms with Gasteiger partial charge in [-0.25, -0.2) is 0 Å². The summed E-state index contributed by atoms with van der Waals surface area (Å²) in [4.78, 5) is 14.4. The van der Waals surface area contributed by atoms with Crippen LogP contribution in [-0.2, 0) is 11.2 Å². The van der Waals surface area contributed by atoms with Crippen LogP contribution in [0.15, 0.2) is 24.3 Å². The van der Waals surface area contributed by atoms with Crippen molar-refractivity contribution in [1.82, 2.24) is 4.90 Å². The lowest BCUT2D eigenvalue weighted by atomic mass is 9.79. The molecule has 1 aliphatic carbocycles. The van der Waals surface area contributed by atoms with Gasteiger partial charge < -0.3 is 10.0 Å². The Balaban J connectivity index is 1.87. The summed E-state index contributed by atoms with van der Waals surface area (Å²) in [5, 5.41) is 10.0. The fourth-order valence-electron chi connectivity index (χ4n) is 4.47. The summed E-state index contributed by atoms with van der Waals surface area (Å²) in [6.45, 7) is 0. The Morgan fingerprint density at radius 3 is 2.74 bits per heavy atom. The number of aliphatic hydroxyl groups is 1. The minimum Gasteiger partial charge on any atom is -0.383 e. The lowest BCUT2D eigenvalue weighted by Crippen LogP contribution is -2.53. The summed E-state index contributed by atoms with van der Waals surface area (Å²) < 4.78 is 0. The zero-order valence-corrected chi connectivity index (χ0v) is 11.0. The smallest absolute Gasteiger partial charge is 0.252 e. The Labute approximate surface area is 113 Å². The second-order valence-corrected chi connectivity index (χ2v) is 6.28. The molecular weight excluding hydrogens is 238 g/mol. The van der Waals surface area contributed by atoms with Crippen LogP contribution in [0.2, 0.25) is 0 Å². The summed E-state index contributed by atoms with van der Waals surface area (Å²) in [5.41, 5.74) is 2.63. The van der Waals surface area contributed by atoms with Gasteiger partial charge in [0, 0.05) is 12.0 Å². The maximum atomic E-state index is 12.4. The molecule has 1 N–H and O–H groups in total. The Bertz CT molecular complexity index is 533. The third kappa shape index (κ3) is 1.45. The van der Waals surface area contributed by atoms with Crippen molar-refractivity contribution in [3.63, 3.8) is 0 Å². The van der Waals surface area contributed by atoms with Gasteiger partial charge in [-0.05, 0) is 30.4 Å². The van der Waals surface area contributed by atoms with E-state index in [0.29, 0.717) is 6.42 Å². The number of hydrogen-bond donors (Lipinski definition) is 1. The summed E-state index contributed by atoms with van der Waals surface area (Å²) in [5.74, 6) is -0.0404. The highest BCUT2D eigenvalue weighted by atomic mass is 16.3. The number of benzene rings is 1. The van der Waals surface area contributed by atoms with E-state index in [9.17, 15) is 9.90 Å². The topological polar surface area (TPSA) is 40.5 Å². The average molecular weight is 257 g/mol. The van der Waals surface area contributed by atoms with Crippen molar-refractivity contribution in [1.29, 1.82) is 0 Å². The number of hydrogen-bond acceptors (Lipinski definition) is 2. The molecule has 0 radical (unpaired) electrons. The first kappa shape index (κ1) is 11.5. The van der Waals surface area contributed by atoms with Gasteiger partial charge in [0.1, 0.15) is 6.10 Å². The number of aliphatic hydroxyl groups excluding tert-OH is 1. The predicted octanol–water partition coefficient (Wildman–Crippen LogP) is 2.19. The number of rotatable bonds is 0. The molecule has 2 atom stereocenters. The monoisotopic (exact) mass is 257 g/mol. The maximum absolute atomic E-state index is 12.4. The standard InChI is InChI=1S/C16H19NO2/c18-14-9-13-12-6-2-1-5-11(12)10-16(7-3-4-8-16)17(13)15(14)19/h1-2,5-6,13-14,18H,3-4,7-10H2/t13-,14-/m1/s1. The van der Waals surface area contributed by atoms with Gasteiger partial charge in [-0.2, -0.15) is 0 Å². The van der Waals surface area contributed by atoms with E-state index in [1.165, 1.54) is 24.0 Å². The Kier molecular flexibility index (Phi) is 2.31. The molecule has 1 amide bonds. The number of amides is 1. The molecule has 3 aliphatic rings. The quantitative estimate of drug-likeness (QED) is 0.774. The van der Waals surface area contributed by atoms with Gasteiger partial charge in [-0.15, -0.1) is 0 Å². The molecule has 100 valence electrons. The Hall–Kier alpha value is -1.35. The first-order valence-corrected chi connectivity index (χ1v) is 7.30. The molecule has 1 aromatic rings. The lowest BCUT2D eigenvalue weighted by molar-refractivity contribution is -0.142. The summed E-state index contributed by atoms with van der Waals surface area (Å²) in [6, 6.07) is 8.55. The highest BCUT2D eigenvalue weighted by molar-refractivity contribution is 5.85. The maximum Gasteiger partial charge on any atom is 0.252 e. The third-order valence-corrected chi connectivity index (χ3v) is 5.26. The van der Waals surface area contributed by atoms with Crippen molar-refractivity contribution in [2.45, 2.75) is 56.2 Å². The molecule has 2 fully saturated rings. The second kappa shape index (κ2) is 3.83. The Morgan fingerprint density at radius 2 is 1.95 bits per heavy atom. The van der Waals surface area contributed by atoms with Crippen molar-refractivity contribution < 1.29 is 9.90 Å². The number of nitrogens with zero attached hydrogens (tertiary/aromatic N) is 1. The van der Waals surface area contributed by atoms with E-state index in [4.69, 9.17) is 0 Å². The predicted molar refractivity (Wildman–Crippen MR) is 71.6 cm³/mol. The zero-order valence-electron chi connectivity index (χ0n) is 11.0. The molecule has 2 aliphatic heterocycles. The van der Waals surface area contributed by atoms with E-state index in [1.807, 2.05) is 11.0 Å². The Morgan fingerprint density at radius 1 is 1.21 bits per heavy atom. The zero-order chi connectivity index (χ0) is 13.0. The van der Waals surface area contributed by atoms with Gasteiger partial charge in [0.05, 0.1) is 6.04 Å². The van der Waals surface area contributed by atoms with Crippen LogP contribution in [0.3, 0.4) is 0 Å². The van der Waals surface area contributed by atoms with E-state index in [1.54, 1.807) is 0 Å². The van der Waals surface area contributed by atoms with Gasteiger partial charge in [0.25, 0.3) is 5.91 Å². The molecule has 0 aromatic heterocycles. The largest absolute Gasteiger partial charge is 0.383 e. The van der Waals surface area contributed by atoms with Crippen molar-refractivity contribution in [3.8, 4) is 0 Å². The molecule has 1 spiro atoms. The molecule has 4 rings (SSSR count). The van der Waals surface area contributed by atoms with Crippen LogP contribution >= 0.6 is 0 Å². The number of carbonyl (C=O) groups is 1. The summed E-state index contributed by atoms with van der Waals surface area (Å²) in [6.07, 6.45) is 5.33. The fraction of sp³-hybridized carbons (Fsp3) is 0.562. The fourth-order valence-corrected chi connectivity index (χ4v) is 4.47. The first-order chi connectivity index (χ1) is 9.21. The van der Waals surface area contributed by atoms with E-state index in [-0.39, 0.29) is 17.5 Å². The minimum absolute atomic E-state index is 0.00637. The van der Waals surface area contributed by atoms with Gasteiger partial charge in [0.2, 0.25) is 0 Å². The van der Waals surface area contributed by atoms with Crippen LogP contribution in [0.1, 0.15) is 49.3 Å². The first-order valence-electron chi connectivity index (χ1n) is 7.30. The van der Waals surface area contributed by atoms with E-state index >= 15 is 0 Å². The molecule has 1 saturated heterocycles. The lowest BCUT2D eigenvalue weighted by Gasteiger charge is -2.47. The van der Waals surface area contributed by atoms with E-state index in [2.05, 4.69) is 18.2 Å². The van der Waals surface area contributed by atoms with Crippen molar-refractivity contribution in [2.75, 3.05) is 0 Å². The van der Waals surface area contributed by atoms with Gasteiger partial charge in [0.15, 0.2) is 0 Å². The minimum atomic E-state index is -0.798. The summed E-state index contributed by atoms with van der Waals surface area (Å²) >= 11 is 0.